The Bertz CT molecular complexity index is 166. The lowest BCUT2D eigenvalue weighted by Crippen LogP contribution is -2.38. The molecule has 0 heterocycles. The fraction of sp³-hybridized carbons (Fsp3) is 0.667. The van der Waals surface area contributed by atoms with E-state index in [1.54, 1.807) is 4.90 Å². The first-order chi connectivity index (χ1) is 5.22. The zero-order valence-electron chi connectivity index (χ0n) is 6.16. The highest BCUT2D eigenvalue weighted by molar-refractivity contribution is 7.80. The number of aliphatic hydroxyl groups is 1. The smallest absolute Gasteiger partial charge is 0.166 e. The van der Waals surface area contributed by atoms with Crippen molar-refractivity contribution in [2.75, 3.05) is 19.7 Å². The molecule has 0 saturated carbocycles. The topological polar surface area (TPSA) is 73.3 Å². The molecule has 0 aliphatic carbocycles. The van der Waals surface area contributed by atoms with E-state index in [1.807, 2.05) is 6.07 Å². The first-order valence-electron chi connectivity index (χ1n) is 3.24. The molecule has 0 aliphatic heterocycles. The lowest BCUT2D eigenvalue weighted by molar-refractivity contribution is 0.251. The van der Waals surface area contributed by atoms with Crippen LogP contribution in [0.1, 0.15) is 6.42 Å². The van der Waals surface area contributed by atoms with Gasteiger partial charge in [0.2, 0.25) is 0 Å². The van der Waals surface area contributed by atoms with Crippen molar-refractivity contribution >= 4 is 17.3 Å². The highest BCUT2D eigenvalue weighted by Gasteiger charge is 2.03. The molecule has 4 nitrogen and oxygen atoms in total. The summed E-state index contributed by atoms with van der Waals surface area (Å²) in [6.45, 7) is 0.895. The zero-order valence-corrected chi connectivity index (χ0v) is 6.97. The number of thiocarbonyl (C=S) groups is 1. The molecule has 0 saturated heterocycles. The van der Waals surface area contributed by atoms with Crippen LogP contribution < -0.4 is 5.73 Å². The zero-order chi connectivity index (χ0) is 8.69. The van der Waals surface area contributed by atoms with E-state index >= 15 is 0 Å². The average Bonchev–Trinajstić information content (AvgIpc) is 1.97. The van der Waals surface area contributed by atoms with Crippen LogP contribution in [0, 0.1) is 11.3 Å². The predicted molar refractivity (Wildman–Crippen MR) is 45.7 cm³/mol. The van der Waals surface area contributed by atoms with Crippen LogP contribution in [0.25, 0.3) is 0 Å². The van der Waals surface area contributed by atoms with Crippen LogP contribution in [-0.2, 0) is 0 Å². The summed E-state index contributed by atoms with van der Waals surface area (Å²) in [7, 11) is 0. The fourth-order valence-electron chi connectivity index (χ4n) is 0.638. The molecule has 11 heavy (non-hydrogen) atoms. The first-order valence-corrected chi connectivity index (χ1v) is 3.65. The van der Waals surface area contributed by atoms with Crippen molar-refractivity contribution < 1.29 is 5.11 Å². The van der Waals surface area contributed by atoms with Crippen molar-refractivity contribution in [1.29, 1.82) is 5.26 Å². The standard InChI is InChI=1S/C6H11N3OS/c7-2-1-3-9(4-5-10)6(8)11/h10H,1,3-5H2,(H2,8,11). The molecule has 62 valence electrons. The van der Waals surface area contributed by atoms with Crippen LogP contribution in [0.4, 0.5) is 0 Å². The molecular weight excluding hydrogens is 162 g/mol. The molecule has 0 aromatic carbocycles. The molecule has 0 unspecified atom stereocenters. The number of nitrogens with zero attached hydrogens (tertiary/aromatic N) is 2. The van der Waals surface area contributed by atoms with E-state index in [0.29, 0.717) is 19.5 Å². The van der Waals surface area contributed by atoms with Gasteiger partial charge in [0.05, 0.1) is 19.1 Å². The molecule has 0 amide bonds. The van der Waals surface area contributed by atoms with Gasteiger partial charge in [-0.25, -0.2) is 0 Å². The Morgan fingerprint density at radius 2 is 2.27 bits per heavy atom. The summed E-state index contributed by atoms with van der Waals surface area (Å²) in [5.74, 6) is 0. The van der Waals surface area contributed by atoms with Crippen molar-refractivity contribution in [2.24, 2.45) is 5.73 Å². The largest absolute Gasteiger partial charge is 0.395 e. The second-order valence-electron chi connectivity index (χ2n) is 1.96. The van der Waals surface area contributed by atoms with Gasteiger partial charge in [0.1, 0.15) is 0 Å². The number of hydrogen-bond donors (Lipinski definition) is 2. The van der Waals surface area contributed by atoms with Gasteiger partial charge >= 0.3 is 0 Å². The summed E-state index contributed by atoms with van der Waals surface area (Å²) in [6.07, 6.45) is 0.372. The summed E-state index contributed by atoms with van der Waals surface area (Å²) in [5, 5.41) is 17.0. The fourth-order valence-corrected chi connectivity index (χ4v) is 0.820. The van der Waals surface area contributed by atoms with Crippen molar-refractivity contribution in [3.63, 3.8) is 0 Å². The van der Waals surface area contributed by atoms with Gasteiger partial charge in [-0.3, -0.25) is 0 Å². The molecule has 0 fully saturated rings. The second kappa shape index (κ2) is 5.89. The van der Waals surface area contributed by atoms with Crippen LogP contribution in [0.2, 0.25) is 0 Å². The van der Waals surface area contributed by atoms with Gasteiger partial charge in [0.25, 0.3) is 0 Å². The number of nitrogens with two attached hydrogens (primary N) is 1. The number of rotatable bonds is 4. The average molecular weight is 173 g/mol. The quantitative estimate of drug-likeness (QED) is 0.557. The summed E-state index contributed by atoms with van der Waals surface area (Å²) >= 11 is 4.68. The third-order valence-corrected chi connectivity index (χ3v) is 1.43. The Hall–Kier alpha value is -0.860. The maximum absolute atomic E-state index is 8.55. The van der Waals surface area contributed by atoms with E-state index in [4.69, 9.17) is 16.1 Å². The van der Waals surface area contributed by atoms with E-state index in [1.165, 1.54) is 0 Å². The SMILES string of the molecule is N#CCCN(CCO)C(N)=S. The van der Waals surface area contributed by atoms with Gasteiger partial charge in [-0.2, -0.15) is 5.26 Å². The van der Waals surface area contributed by atoms with Gasteiger partial charge in [-0.05, 0) is 12.2 Å². The summed E-state index contributed by atoms with van der Waals surface area (Å²) in [4.78, 5) is 1.60. The van der Waals surface area contributed by atoms with Crippen LogP contribution in [0.3, 0.4) is 0 Å². The van der Waals surface area contributed by atoms with Gasteiger partial charge < -0.3 is 15.7 Å². The van der Waals surface area contributed by atoms with E-state index in [-0.39, 0.29) is 11.7 Å². The number of hydrogen-bond acceptors (Lipinski definition) is 3. The minimum absolute atomic E-state index is 0.00275. The monoisotopic (exact) mass is 173 g/mol. The molecule has 0 aromatic heterocycles. The number of nitriles is 1. The lowest BCUT2D eigenvalue weighted by atomic mass is 10.4. The molecule has 5 heteroatoms. The molecule has 0 rings (SSSR count). The Balaban J connectivity index is 3.71. The molecule has 0 aromatic rings. The maximum atomic E-state index is 8.55. The summed E-state index contributed by atoms with van der Waals surface area (Å²) in [6, 6.07) is 1.97. The Labute approximate surface area is 71.2 Å². The van der Waals surface area contributed by atoms with Gasteiger partial charge in [0.15, 0.2) is 5.11 Å². The highest BCUT2D eigenvalue weighted by Crippen LogP contribution is 1.89. The van der Waals surface area contributed by atoms with Crippen LogP contribution in [0.5, 0.6) is 0 Å². The van der Waals surface area contributed by atoms with Crippen LogP contribution in [0.15, 0.2) is 0 Å². The molecule has 0 aliphatic rings. The molecule has 0 spiro atoms. The lowest BCUT2D eigenvalue weighted by Gasteiger charge is -2.19. The predicted octanol–water partition coefficient (Wildman–Crippen LogP) is -0.562. The molecular formula is C6H11N3OS. The second-order valence-corrected chi connectivity index (χ2v) is 2.38. The molecule has 0 radical (unpaired) electrons. The van der Waals surface area contributed by atoms with Gasteiger partial charge in [-0.1, -0.05) is 0 Å². The Kier molecular flexibility index (Phi) is 5.43. The van der Waals surface area contributed by atoms with Crippen molar-refractivity contribution in [3.05, 3.63) is 0 Å². The van der Waals surface area contributed by atoms with Crippen LogP contribution >= 0.6 is 12.2 Å². The van der Waals surface area contributed by atoms with Gasteiger partial charge in [-0.15, -0.1) is 0 Å². The Morgan fingerprint density at radius 1 is 1.64 bits per heavy atom. The van der Waals surface area contributed by atoms with E-state index in [2.05, 4.69) is 12.2 Å². The summed E-state index contributed by atoms with van der Waals surface area (Å²) < 4.78 is 0. The van der Waals surface area contributed by atoms with Crippen molar-refractivity contribution in [2.45, 2.75) is 6.42 Å². The van der Waals surface area contributed by atoms with E-state index < -0.39 is 0 Å². The first kappa shape index (κ1) is 10.1. The highest BCUT2D eigenvalue weighted by atomic mass is 32.1. The van der Waals surface area contributed by atoms with Crippen LogP contribution in [-0.4, -0.2) is 34.8 Å². The minimum Gasteiger partial charge on any atom is -0.395 e. The molecule has 0 bridgehead atoms. The maximum Gasteiger partial charge on any atom is 0.166 e. The van der Waals surface area contributed by atoms with Crippen molar-refractivity contribution in [3.8, 4) is 6.07 Å². The van der Waals surface area contributed by atoms with E-state index in [0.717, 1.165) is 0 Å². The van der Waals surface area contributed by atoms with Crippen molar-refractivity contribution in [1.82, 2.24) is 4.90 Å². The molecule has 3 N–H and O–H groups in total. The third kappa shape index (κ3) is 4.53. The third-order valence-electron chi connectivity index (χ3n) is 1.18. The Morgan fingerprint density at radius 3 is 2.64 bits per heavy atom. The number of aliphatic hydroxyl groups excluding tert-OH is 1. The molecule has 0 atom stereocenters. The van der Waals surface area contributed by atoms with E-state index in [9.17, 15) is 0 Å². The minimum atomic E-state index is 0.00275. The van der Waals surface area contributed by atoms with Gasteiger partial charge in [0, 0.05) is 13.1 Å². The summed E-state index contributed by atoms with van der Waals surface area (Å²) in [5.41, 5.74) is 5.30. The normalized spacial score (nSPS) is 8.73.